The van der Waals surface area contributed by atoms with Crippen LogP contribution in [0.15, 0.2) is 18.2 Å². The van der Waals surface area contributed by atoms with Crippen molar-refractivity contribution < 1.29 is 13.6 Å². The lowest BCUT2D eigenvalue weighted by molar-refractivity contribution is -0.122. The van der Waals surface area contributed by atoms with Crippen molar-refractivity contribution in [3.63, 3.8) is 0 Å². The third-order valence-corrected chi connectivity index (χ3v) is 5.46. The van der Waals surface area contributed by atoms with E-state index in [1.807, 2.05) is 25.6 Å². The lowest BCUT2D eigenvalue weighted by Crippen LogP contribution is -2.50. The molecule has 0 saturated carbocycles. The maximum absolute atomic E-state index is 13.6. The molecule has 1 amide bonds. The predicted molar refractivity (Wildman–Crippen MR) is 99.5 cm³/mol. The maximum atomic E-state index is 13.6. The van der Waals surface area contributed by atoms with E-state index in [1.165, 1.54) is 6.07 Å². The number of rotatable bonds is 5. The number of nitrogens with zero attached hydrogens (tertiary/aromatic N) is 2. The zero-order valence-corrected chi connectivity index (χ0v) is 16.0. The van der Waals surface area contributed by atoms with Gasteiger partial charge in [0.1, 0.15) is 0 Å². The molecular formula is C20H26F2N4O. The topological polar surface area (TPSA) is 59.0 Å². The Hall–Kier alpha value is -2.28. The Morgan fingerprint density at radius 2 is 2.11 bits per heavy atom. The van der Waals surface area contributed by atoms with E-state index >= 15 is 0 Å². The molecule has 0 spiro atoms. The molecule has 3 rings (SSSR count). The number of amides is 1. The fourth-order valence-electron chi connectivity index (χ4n) is 3.85. The molecule has 2 aromatic rings. The molecule has 27 heavy (non-hydrogen) atoms. The van der Waals surface area contributed by atoms with Crippen LogP contribution in [0.5, 0.6) is 0 Å². The summed E-state index contributed by atoms with van der Waals surface area (Å²) in [6, 6.07) is 3.86. The molecule has 1 aromatic carbocycles. The van der Waals surface area contributed by atoms with Crippen LogP contribution < -0.4 is 10.6 Å². The first-order valence-corrected chi connectivity index (χ1v) is 9.31. The first-order valence-electron chi connectivity index (χ1n) is 9.31. The highest BCUT2D eigenvalue weighted by Crippen LogP contribution is 2.27. The van der Waals surface area contributed by atoms with Gasteiger partial charge in [-0.2, -0.15) is 5.10 Å². The van der Waals surface area contributed by atoms with Gasteiger partial charge in [0.05, 0.1) is 5.69 Å². The van der Waals surface area contributed by atoms with Crippen LogP contribution in [0.4, 0.5) is 8.78 Å². The number of nitrogens with one attached hydrogen (secondary N) is 2. The van der Waals surface area contributed by atoms with Gasteiger partial charge >= 0.3 is 0 Å². The molecule has 1 aliphatic rings. The molecule has 146 valence electrons. The van der Waals surface area contributed by atoms with Crippen LogP contribution in [0.1, 0.15) is 41.3 Å². The summed E-state index contributed by atoms with van der Waals surface area (Å²) in [7, 11) is 1.89. The summed E-state index contributed by atoms with van der Waals surface area (Å²) < 4.78 is 28.7. The summed E-state index contributed by atoms with van der Waals surface area (Å²) in [5, 5.41) is 10.7. The molecule has 1 aliphatic heterocycles. The average Bonchev–Trinajstić information content (AvgIpc) is 2.88. The van der Waals surface area contributed by atoms with E-state index in [9.17, 15) is 13.6 Å². The number of benzene rings is 1. The number of carbonyl (C=O) groups is 1. The van der Waals surface area contributed by atoms with Crippen LogP contribution in [-0.2, 0) is 18.3 Å². The van der Waals surface area contributed by atoms with Gasteiger partial charge in [0, 0.05) is 37.7 Å². The summed E-state index contributed by atoms with van der Waals surface area (Å²) in [4.78, 5) is 12.5. The zero-order chi connectivity index (χ0) is 19.6. The third kappa shape index (κ3) is 4.35. The largest absolute Gasteiger partial charge is 0.351 e. The SMILES string of the molecule is Cc1nn(C)c(C)c1CCC(=O)NC1CNCCC1c1ccc(F)c(F)c1. The van der Waals surface area contributed by atoms with E-state index in [0.29, 0.717) is 19.4 Å². The van der Waals surface area contributed by atoms with Crippen LogP contribution in [-0.4, -0.2) is 34.8 Å². The number of hydrogen-bond acceptors (Lipinski definition) is 3. The highest BCUT2D eigenvalue weighted by Gasteiger charge is 2.28. The first kappa shape index (κ1) is 19.5. The Morgan fingerprint density at radius 3 is 2.78 bits per heavy atom. The molecule has 0 radical (unpaired) electrons. The Morgan fingerprint density at radius 1 is 1.33 bits per heavy atom. The van der Waals surface area contributed by atoms with Crippen molar-refractivity contribution in [2.75, 3.05) is 13.1 Å². The first-order chi connectivity index (χ1) is 12.9. The fraction of sp³-hybridized carbons (Fsp3) is 0.500. The van der Waals surface area contributed by atoms with Crippen LogP contribution in [0, 0.1) is 25.5 Å². The van der Waals surface area contributed by atoms with Crippen LogP contribution in [0.25, 0.3) is 0 Å². The molecule has 2 atom stereocenters. The quantitative estimate of drug-likeness (QED) is 0.843. The standard InChI is InChI=1S/C20H26F2N4O/c1-12-15(13(2)26(3)25-12)5-7-20(27)24-19-11-23-9-8-16(19)14-4-6-17(21)18(22)10-14/h4,6,10,16,19,23H,5,7-9,11H2,1-3H3,(H,24,27). The minimum atomic E-state index is -0.851. The number of piperidine rings is 1. The number of aryl methyl sites for hydroxylation is 2. The van der Waals surface area contributed by atoms with Gasteiger partial charge in [0.2, 0.25) is 5.91 Å². The number of hydrogen-bond donors (Lipinski definition) is 2. The minimum absolute atomic E-state index is 0.0350. The van der Waals surface area contributed by atoms with Gasteiger partial charge in [-0.3, -0.25) is 9.48 Å². The van der Waals surface area contributed by atoms with Crippen LogP contribution in [0.3, 0.4) is 0 Å². The zero-order valence-electron chi connectivity index (χ0n) is 16.0. The molecule has 0 bridgehead atoms. The Balaban J connectivity index is 1.65. The lowest BCUT2D eigenvalue weighted by atomic mass is 9.86. The number of halogens is 2. The Kier molecular flexibility index (Phi) is 5.89. The molecule has 2 N–H and O–H groups in total. The van der Waals surface area contributed by atoms with Crippen molar-refractivity contribution in [1.29, 1.82) is 0 Å². The predicted octanol–water partition coefficient (Wildman–Crippen LogP) is 2.51. The van der Waals surface area contributed by atoms with Crippen molar-refractivity contribution >= 4 is 5.91 Å². The molecule has 1 aromatic heterocycles. The van der Waals surface area contributed by atoms with E-state index in [1.54, 1.807) is 6.07 Å². The smallest absolute Gasteiger partial charge is 0.220 e. The van der Waals surface area contributed by atoms with Crippen molar-refractivity contribution in [3.05, 3.63) is 52.3 Å². The number of aromatic nitrogens is 2. The molecule has 1 saturated heterocycles. The van der Waals surface area contributed by atoms with Gasteiger partial charge < -0.3 is 10.6 Å². The van der Waals surface area contributed by atoms with Crippen LogP contribution >= 0.6 is 0 Å². The average molecular weight is 376 g/mol. The monoisotopic (exact) mass is 376 g/mol. The van der Waals surface area contributed by atoms with Gasteiger partial charge in [-0.05, 0) is 56.5 Å². The molecule has 7 heteroatoms. The molecule has 5 nitrogen and oxygen atoms in total. The van der Waals surface area contributed by atoms with Gasteiger partial charge in [0.15, 0.2) is 11.6 Å². The van der Waals surface area contributed by atoms with E-state index in [-0.39, 0.29) is 17.9 Å². The van der Waals surface area contributed by atoms with E-state index in [2.05, 4.69) is 15.7 Å². The molecule has 2 heterocycles. The van der Waals surface area contributed by atoms with E-state index in [0.717, 1.165) is 41.5 Å². The summed E-state index contributed by atoms with van der Waals surface area (Å²) in [5.41, 5.74) is 3.84. The second kappa shape index (κ2) is 8.17. The Bertz CT molecular complexity index is 834. The summed E-state index contributed by atoms with van der Waals surface area (Å²) >= 11 is 0. The van der Waals surface area contributed by atoms with Crippen molar-refractivity contribution in [2.45, 2.75) is 45.1 Å². The summed E-state index contributed by atoms with van der Waals surface area (Å²) in [6.07, 6.45) is 1.76. The highest BCUT2D eigenvalue weighted by atomic mass is 19.2. The molecular weight excluding hydrogens is 350 g/mol. The normalized spacial score (nSPS) is 19.9. The molecule has 2 unspecified atom stereocenters. The van der Waals surface area contributed by atoms with Crippen molar-refractivity contribution in [2.24, 2.45) is 7.05 Å². The van der Waals surface area contributed by atoms with Gasteiger partial charge in [-0.25, -0.2) is 8.78 Å². The minimum Gasteiger partial charge on any atom is -0.351 e. The molecule has 1 fully saturated rings. The van der Waals surface area contributed by atoms with Crippen molar-refractivity contribution in [3.8, 4) is 0 Å². The van der Waals surface area contributed by atoms with Crippen molar-refractivity contribution in [1.82, 2.24) is 20.4 Å². The van der Waals surface area contributed by atoms with Crippen LogP contribution in [0.2, 0.25) is 0 Å². The molecule has 0 aliphatic carbocycles. The Labute approximate surface area is 158 Å². The third-order valence-electron chi connectivity index (χ3n) is 5.46. The number of carbonyl (C=O) groups excluding carboxylic acids is 1. The fourth-order valence-corrected chi connectivity index (χ4v) is 3.85. The van der Waals surface area contributed by atoms with Gasteiger partial charge in [-0.15, -0.1) is 0 Å². The second-order valence-electron chi connectivity index (χ2n) is 7.22. The summed E-state index contributed by atoms with van der Waals surface area (Å²) in [5.74, 6) is -1.78. The highest BCUT2D eigenvalue weighted by molar-refractivity contribution is 5.76. The maximum Gasteiger partial charge on any atom is 0.220 e. The van der Waals surface area contributed by atoms with Gasteiger partial charge in [0.25, 0.3) is 0 Å². The van der Waals surface area contributed by atoms with Gasteiger partial charge in [-0.1, -0.05) is 6.07 Å². The summed E-state index contributed by atoms with van der Waals surface area (Å²) in [6.45, 7) is 5.34. The van der Waals surface area contributed by atoms with E-state index in [4.69, 9.17) is 0 Å². The van der Waals surface area contributed by atoms with E-state index < -0.39 is 11.6 Å². The second-order valence-corrected chi connectivity index (χ2v) is 7.22. The lowest BCUT2D eigenvalue weighted by Gasteiger charge is -2.33.